The van der Waals surface area contributed by atoms with Crippen LogP contribution in [0.5, 0.6) is 5.75 Å². The number of carbonyl (C=O) groups excluding carboxylic acids is 2. The highest BCUT2D eigenvalue weighted by atomic mass is 35.5. The predicted molar refractivity (Wildman–Crippen MR) is 192 cm³/mol. The minimum atomic E-state index is -0.298. The number of amides is 2. The highest BCUT2D eigenvalue weighted by Gasteiger charge is 2.22. The molecule has 49 heavy (non-hydrogen) atoms. The number of aliphatic hydroxyl groups excluding tert-OH is 1. The molecule has 256 valence electrons. The van der Waals surface area contributed by atoms with Gasteiger partial charge in [-0.15, -0.1) is 0 Å². The van der Waals surface area contributed by atoms with Crippen LogP contribution in [0.4, 0.5) is 5.69 Å². The monoisotopic (exact) mass is 682 g/mol. The summed E-state index contributed by atoms with van der Waals surface area (Å²) >= 11 is 7.06. The molecule has 4 heterocycles. The fraction of sp³-hybridized carbons (Fsp3) is 0.368. The number of anilines is 1. The number of hydrogen-bond donors (Lipinski definition) is 3. The Kier molecular flexibility index (Phi) is 10.9. The van der Waals surface area contributed by atoms with Gasteiger partial charge in [-0.05, 0) is 67.1 Å². The lowest BCUT2D eigenvalue weighted by molar-refractivity contribution is -0.129. The van der Waals surface area contributed by atoms with Gasteiger partial charge < -0.3 is 25.4 Å². The summed E-state index contributed by atoms with van der Waals surface area (Å²) in [4.78, 5) is 38.0. The molecule has 2 aliphatic heterocycles. The second-order valence-electron chi connectivity index (χ2n) is 12.9. The van der Waals surface area contributed by atoms with E-state index >= 15 is 0 Å². The van der Waals surface area contributed by atoms with Crippen molar-refractivity contribution in [3.63, 3.8) is 0 Å². The first-order valence-corrected chi connectivity index (χ1v) is 17.1. The second-order valence-corrected chi connectivity index (χ2v) is 13.2. The van der Waals surface area contributed by atoms with E-state index in [1.807, 2.05) is 60.4 Å². The zero-order valence-corrected chi connectivity index (χ0v) is 29.0. The summed E-state index contributed by atoms with van der Waals surface area (Å²) in [5.74, 6) is 0.577. The number of likely N-dealkylation sites (tertiary alicyclic amines) is 2. The van der Waals surface area contributed by atoms with Crippen LogP contribution in [0.15, 0.2) is 67.0 Å². The van der Waals surface area contributed by atoms with Crippen molar-refractivity contribution in [1.29, 1.82) is 0 Å². The number of carbonyl (C=O) groups is 2. The molecule has 3 N–H and O–H groups in total. The molecule has 4 aromatic rings. The maximum atomic E-state index is 13.2. The lowest BCUT2D eigenvalue weighted by atomic mass is 9.97. The van der Waals surface area contributed by atoms with Crippen molar-refractivity contribution in [1.82, 2.24) is 25.1 Å². The second kappa shape index (κ2) is 15.5. The number of halogens is 1. The van der Waals surface area contributed by atoms with Crippen LogP contribution >= 0.6 is 11.6 Å². The van der Waals surface area contributed by atoms with Gasteiger partial charge in [0, 0.05) is 87.0 Å². The van der Waals surface area contributed by atoms with Crippen LogP contribution in [-0.2, 0) is 17.9 Å². The number of β-amino-alcohol motifs (C(OH)–C–C–N with tert-alkyl or cyclic N) is 1. The van der Waals surface area contributed by atoms with E-state index in [0.29, 0.717) is 47.8 Å². The normalized spacial score (nSPS) is 16.9. The van der Waals surface area contributed by atoms with Crippen molar-refractivity contribution in [3.8, 4) is 28.1 Å². The summed E-state index contributed by atoms with van der Waals surface area (Å²) in [7, 11) is 1.66. The Labute approximate surface area is 292 Å². The maximum absolute atomic E-state index is 13.2. The number of rotatable bonds is 10. The van der Waals surface area contributed by atoms with Crippen molar-refractivity contribution in [2.24, 2.45) is 0 Å². The largest absolute Gasteiger partial charge is 0.496 e. The molecule has 0 bridgehead atoms. The first-order chi connectivity index (χ1) is 23.7. The summed E-state index contributed by atoms with van der Waals surface area (Å²) in [6.45, 7) is 7.98. The summed E-state index contributed by atoms with van der Waals surface area (Å²) in [5, 5.41) is 16.9. The molecule has 0 spiro atoms. The molecular weight excluding hydrogens is 640 g/mol. The van der Waals surface area contributed by atoms with Gasteiger partial charge in [0.1, 0.15) is 11.4 Å². The number of nitrogens with zero attached hydrogens (tertiary/aromatic N) is 4. The summed E-state index contributed by atoms with van der Waals surface area (Å²) in [6, 6.07) is 17.6. The first-order valence-electron chi connectivity index (χ1n) is 16.8. The van der Waals surface area contributed by atoms with Gasteiger partial charge >= 0.3 is 0 Å². The maximum Gasteiger partial charge on any atom is 0.274 e. The van der Waals surface area contributed by atoms with Crippen molar-refractivity contribution >= 4 is 29.1 Å². The molecule has 11 heteroatoms. The number of piperidine rings is 1. The smallest absolute Gasteiger partial charge is 0.274 e. The Balaban J connectivity index is 1.15. The van der Waals surface area contributed by atoms with Gasteiger partial charge in [-0.2, -0.15) is 0 Å². The van der Waals surface area contributed by atoms with Gasteiger partial charge in [-0.3, -0.25) is 24.5 Å². The topological polar surface area (TPSA) is 120 Å². The first kappa shape index (κ1) is 34.5. The Hall–Kier alpha value is -4.35. The molecule has 2 saturated heterocycles. The van der Waals surface area contributed by atoms with Crippen LogP contribution in [0.1, 0.15) is 53.4 Å². The van der Waals surface area contributed by atoms with E-state index in [1.54, 1.807) is 32.5 Å². The number of hydrogen-bond acceptors (Lipinski definition) is 8. The summed E-state index contributed by atoms with van der Waals surface area (Å²) < 4.78 is 5.78. The number of pyridine rings is 2. The van der Waals surface area contributed by atoms with E-state index in [4.69, 9.17) is 16.3 Å². The molecule has 0 saturated carbocycles. The third kappa shape index (κ3) is 8.11. The highest BCUT2D eigenvalue weighted by Crippen LogP contribution is 2.39. The minimum Gasteiger partial charge on any atom is -0.496 e. The molecule has 2 aromatic carbocycles. The molecule has 1 unspecified atom stereocenters. The van der Waals surface area contributed by atoms with Gasteiger partial charge in [0.15, 0.2) is 0 Å². The van der Waals surface area contributed by atoms with Gasteiger partial charge in [-0.25, -0.2) is 0 Å². The Morgan fingerprint density at radius 1 is 1.02 bits per heavy atom. The molecule has 6 rings (SSSR count). The van der Waals surface area contributed by atoms with E-state index in [-0.39, 0.29) is 17.9 Å². The van der Waals surface area contributed by atoms with E-state index in [1.165, 1.54) is 0 Å². The number of aromatic nitrogens is 2. The molecule has 1 atom stereocenters. The minimum absolute atomic E-state index is 0.132. The van der Waals surface area contributed by atoms with Crippen molar-refractivity contribution in [2.45, 2.75) is 58.3 Å². The number of benzene rings is 2. The van der Waals surface area contributed by atoms with Crippen LogP contribution in [0.3, 0.4) is 0 Å². The zero-order chi connectivity index (χ0) is 34.5. The molecule has 2 amide bonds. The molecule has 10 nitrogen and oxygen atoms in total. The fourth-order valence-electron chi connectivity index (χ4n) is 6.66. The average Bonchev–Trinajstić information content (AvgIpc) is 3.52. The Bertz CT molecular complexity index is 1810. The van der Waals surface area contributed by atoms with Crippen molar-refractivity contribution in [2.75, 3.05) is 38.6 Å². The van der Waals surface area contributed by atoms with Gasteiger partial charge in [-0.1, -0.05) is 41.9 Å². The molecule has 2 fully saturated rings. The van der Waals surface area contributed by atoms with E-state index in [2.05, 4.69) is 25.5 Å². The zero-order valence-electron chi connectivity index (χ0n) is 28.2. The predicted octanol–water partition coefficient (Wildman–Crippen LogP) is 5.70. The quantitative estimate of drug-likeness (QED) is 0.195. The molecule has 2 aliphatic rings. The number of ether oxygens (including phenoxy) is 1. The van der Waals surface area contributed by atoms with Crippen LogP contribution in [0, 0.1) is 6.92 Å². The number of nitrogens with one attached hydrogen (secondary N) is 2. The standard InChI is InChI=1S/C38H43ClN6O4/c1-24-31(5-4-6-33(24)43-38(48)34-10-7-26(20-42-34)22-44-16-14-30(47)23-44)32-11-15-40-37(36(32)39)27-8-9-28(35(19-27)49-3)21-41-29-12-17-45(18-13-29)25(2)46/h4-11,15,19-20,29-30,41,47H,12-14,16-18,21-23H2,1-3H3,(H,43,48). The number of methoxy groups -OCH3 is 1. The van der Waals surface area contributed by atoms with Gasteiger partial charge in [0.05, 0.1) is 23.9 Å². The molecule has 0 radical (unpaired) electrons. The molecule has 0 aliphatic carbocycles. The third-order valence-electron chi connectivity index (χ3n) is 9.55. The Morgan fingerprint density at radius 2 is 1.84 bits per heavy atom. The summed E-state index contributed by atoms with van der Waals surface area (Å²) in [5.41, 5.74) is 7.04. The van der Waals surface area contributed by atoms with E-state index in [0.717, 1.165) is 78.0 Å². The Morgan fingerprint density at radius 3 is 2.53 bits per heavy atom. The van der Waals surface area contributed by atoms with Crippen LogP contribution < -0.4 is 15.4 Å². The molecular formula is C38H43ClN6O4. The van der Waals surface area contributed by atoms with E-state index < -0.39 is 0 Å². The highest BCUT2D eigenvalue weighted by molar-refractivity contribution is 6.35. The van der Waals surface area contributed by atoms with Crippen LogP contribution in [-0.4, -0.2) is 82.1 Å². The van der Waals surface area contributed by atoms with Crippen molar-refractivity contribution in [3.05, 3.63) is 94.4 Å². The van der Waals surface area contributed by atoms with Crippen molar-refractivity contribution < 1.29 is 19.4 Å². The average molecular weight is 683 g/mol. The summed E-state index contributed by atoms with van der Waals surface area (Å²) in [6.07, 6.45) is 5.82. The lowest BCUT2D eigenvalue weighted by Gasteiger charge is -2.32. The number of aliphatic hydroxyl groups is 1. The SMILES string of the molecule is COc1cc(-c2nccc(-c3cccc(NC(=O)c4ccc(CN5CCC(O)C5)cn4)c3C)c2Cl)ccc1CNC1CCN(C(C)=O)CC1. The third-order valence-corrected chi connectivity index (χ3v) is 9.94. The lowest BCUT2D eigenvalue weighted by Crippen LogP contribution is -2.43. The van der Waals surface area contributed by atoms with Crippen LogP contribution in [0.25, 0.3) is 22.4 Å². The van der Waals surface area contributed by atoms with Crippen LogP contribution in [0.2, 0.25) is 5.02 Å². The van der Waals surface area contributed by atoms with E-state index in [9.17, 15) is 14.7 Å². The molecule has 2 aromatic heterocycles. The van der Waals surface area contributed by atoms with Gasteiger partial charge in [0.25, 0.3) is 5.91 Å². The fourth-order valence-corrected chi connectivity index (χ4v) is 6.98. The van der Waals surface area contributed by atoms with Gasteiger partial charge in [0.2, 0.25) is 5.91 Å².